The zero-order valence-corrected chi connectivity index (χ0v) is 14.0. The molecule has 22 heavy (non-hydrogen) atoms. The first-order valence-electron chi connectivity index (χ1n) is 8.31. The van der Waals surface area contributed by atoms with E-state index in [0.29, 0.717) is 12.8 Å². The van der Waals surface area contributed by atoms with Gasteiger partial charge in [-0.1, -0.05) is 33.3 Å². The number of hydrogen-bond donors (Lipinski definition) is 0. The van der Waals surface area contributed by atoms with Gasteiger partial charge in [0.15, 0.2) is 5.78 Å². The number of allylic oxidation sites excluding steroid dienone is 2. The van der Waals surface area contributed by atoms with Gasteiger partial charge >= 0.3 is 0 Å². The molecule has 0 radical (unpaired) electrons. The van der Waals surface area contributed by atoms with Crippen LogP contribution in [-0.2, 0) is 9.59 Å². The number of hydrogen-bond acceptors (Lipinski definition) is 2. The number of Topliss-reactive ketones (excluding diaryl/α,β-unsaturated/α-hetero) is 1. The summed E-state index contributed by atoms with van der Waals surface area (Å²) in [6.07, 6.45) is 6.06. The molecule has 1 unspecified atom stereocenters. The van der Waals surface area contributed by atoms with E-state index in [2.05, 4.69) is 18.7 Å². The fourth-order valence-electron chi connectivity index (χ4n) is 5.63. The molecule has 3 aliphatic carbocycles. The molecule has 0 spiro atoms. The van der Waals surface area contributed by atoms with Crippen LogP contribution in [0.2, 0.25) is 0 Å². The van der Waals surface area contributed by atoms with Gasteiger partial charge in [-0.05, 0) is 36.7 Å². The van der Waals surface area contributed by atoms with E-state index in [1.54, 1.807) is 0 Å². The fourth-order valence-corrected chi connectivity index (χ4v) is 5.63. The van der Waals surface area contributed by atoms with E-state index >= 15 is 0 Å². The lowest BCUT2D eigenvalue weighted by Crippen LogP contribution is -2.58. The van der Waals surface area contributed by atoms with Gasteiger partial charge in [0.2, 0.25) is 5.78 Å². The Balaban J connectivity index is 2.15. The molecular formula is C19H25NO2. The number of nitrogens with zero attached hydrogens (tertiary/aromatic N) is 1. The maximum Gasteiger partial charge on any atom is 0.282 e. The lowest BCUT2D eigenvalue weighted by molar-refractivity contribution is -0.142. The minimum atomic E-state index is -0.559. The first kappa shape index (κ1) is 15.5. The molecule has 118 valence electrons. The third kappa shape index (κ3) is 1.86. The first-order chi connectivity index (χ1) is 10.1. The standard InChI is InChI=1S/C19H25NO2/c1-17(2)14-7-9-18(3)8-6-12(21)10-15(18)19(14,4)11-13(20-5)16(17)22/h10,13-14H,6-9,11H2,1-4H3/t13?,14-,18+,19-/m0/s1. The molecule has 2 saturated carbocycles. The molecule has 3 aliphatic rings. The van der Waals surface area contributed by atoms with Crippen LogP contribution in [-0.4, -0.2) is 17.6 Å². The Morgan fingerprint density at radius 2 is 1.86 bits per heavy atom. The number of rotatable bonds is 0. The summed E-state index contributed by atoms with van der Waals surface area (Å²) < 4.78 is 0. The maximum atomic E-state index is 12.7. The van der Waals surface area contributed by atoms with E-state index in [0.717, 1.165) is 19.3 Å². The number of ketones is 2. The van der Waals surface area contributed by atoms with Crippen LogP contribution in [0, 0.1) is 28.7 Å². The summed E-state index contributed by atoms with van der Waals surface area (Å²) in [6, 6.07) is -0.559. The molecule has 3 heteroatoms. The molecule has 0 aromatic rings. The highest BCUT2D eigenvalue weighted by Crippen LogP contribution is 2.65. The van der Waals surface area contributed by atoms with Crippen molar-refractivity contribution in [2.45, 2.75) is 65.8 Å². The van der Waals surface area contributed by atoms with E-state index in [9.17, 15) is 9.59 Å². The van der Waals surface area contributed by atoms with Crippen LogP contribution in [0.15, 0.2) is 11.6 Å². The maximum absolute atomic E-state index is 12.7. The third-order valence-corrected chi connectivity index (χ3v) is 6.83. The fraction of sp³-hybridized carbons (Fsp3) is 0.737. The van der Waals surface area contributed by atoms with Crippen molar-refractivity contribution in [3.8, 4) is 0 Å². The minimum absolute atomic E-state index is 0.0716. The van der Waals surface area contributed by atoms with Gasteiger partial charge in [-0.25, -0.2) is 6.57 Å². The average molecular weight is 299 g/mol. The Kier molecular flexibility index (Phi) is 3.19. The summed E-state index contributed by atoms with van der Waals surface area (Å²) in [6.45, 7) is 15.9. The van der Waals surface area contributed by atoms with Gasteiger partial charge in [0, 0.05) is 23.7 Å². The van der Waals surface area contributed by atoms with Crippen LogP contribution in [0.25, 0.3) is 4.85 Å². The second-order valence-electron chi connectivity index (χ2n) is 8.53. The largest absolute Gasteiger partial charge is 0.305 e. The van der Waals surface area contributed by atoms with Gasteiger partial charge < -0.3 is 4.85 Å². The molecule has 0 bridgehead atoms. The van der Waals surface area contributed by atoms with Crippen molar-refractivity contribution < 1.29 is 9.59 Å². The summed E-state index contributed by atoms with van der Waals surface area (Å²) >= 11 is 0. The van der Waals surface area contributed by atoms with Gasteiger partial charge in [-0.3, -0.25) is 9.59 Å². The van der Waals surface area contributed by atoms with E-state index in [1.165, 1.54) is 5.57 Å². The first-order valence-corrected chi connectivity index (χ1v) is 8.31. The van der Waals surface area contributed by atoms with Crippen molar-refractivity contribution in [1.29, 1.82) is 0 Å². The van der Waals surface area contributed by atoms with Crippen molar-refractivity contribution in [1.82, 2.24) is 0 Å². The molecular weight excluding hydrogens is 274 g/mol. The van der Waals surface area contributed by atoms with Crippen LogP contribution in [0.4, 0.5) is 0 Å². The average Bonchev–Trinajstić information content (AvgIpc) is 2.45. The molecule has 0 N–H and O–H groups in total. The lowest BCUT2D eigenvalue weighted by atomic mass is 9.43. The highest BCUT2D eigenvalue weighted by atomic mass is 16.1. The number of carbonyl (C=O) groups is 2. The predicted molar refractivity (Wildman–Crippen MR) is 85.1 cm³/mol. The molecule has 0 amide bonds. The Hall–Kier alpha value is -1.43. The lowest BCUT2D eigenvalue weighted by Gasteiger charge is -2.59. The molecule has 0 aliphatic heterocycles. The highest BCUT2D eigenvalue weighted by Gasteiger charge is 2.63. The summed E-state index contributed by atoms with van der Waals surface area (Å²) in [5, 5.41) is 0. The van der Waals surface area contributed by atoms with Gasteiger partial charge in [0.1, 0.15) is 0 Å². The van der Waals surface area contributed by atoms with Crippen molar-refractivity contribution in [2.24, 2.45) is 22.2 Å². The van der Waals surface area contributed by atoms with Gasteiger partial charge in [0.25, 0.3) is 6.04 Å². The Bertz CT molecular complexity index is 624. The van der Waals surface area contributed by atoms with Crippen LogP contribution >= 0.6 is 0 Å². The highest BCUT2D eigenvalue weighted by molar-refractivity contribution is 5.94. The van der Waals surface area contributed by atoms with E-state index in [4.69, 9.17) is 6.57 Å². The zero-order valence-electron chi connectivity index (χ0n) is 14.0. The molecule has 0 saturated heterocycles. The zero-order chi connectivity index (χ0) is 16.3. The summed E-state index contributed by atoms with van der Waals surface area (Å²) in [4.78, 5) is 28.4. The number of fused-ring (bicyclic) bond motifs is 3. The quantitative estimate of drug-likeness (QED) is 0.634. The topological polar surface area (TPSA) is 38.5 Å². The smallest absolute Gasteiger partial charge is 0.282 e. The van der Waals surface area contributed by atoms with Crippen molar-refractivity contribution in [3.05, 3.63) is 23.1 Å². The van der Waals surface area contributed by atoms with E-state index in [1.807, 2.05) is 19.9 Å². The number of carbonyl (C=O) groups excluding carboxylic acids is 2. The Labute approximate surface area is 133 Å². The summed E-state index contributed by atoms with van der Waals surface area (Å²) in [7, 11) is 0. The summed E-state index contributed by atoms with van der Waals surface area (Å²) in [5.41, 5.74) is 0.615. The predicted octanol–water partition coefficient (Wildman–Crippen LogP) is 3.99. The monoisotopic (exact) mass is 299 g/mol. The van der Waals surface area contributed by atoms with Gasteiger partial charge in [-0.2, -0.15) is 0 Å². The normalized spacial score (nSPS) is 43.7. The van der Waals surface area contributed by atoms with E-state index in [-0.39, 0.29) is 28.3 Å². The van der Waals surface area contributed by atoms with Crippen molar-refractivity contribution in [3.63, 3.8) is 0 Å². The molecule has 0 heterocycles. The molecule has 4 atom stereocenters. The second-order valence-corrected chi connectivity index (χ2v) is 8.53. The molecule has 2 fully saturated rings. The summed E-state index contributed by atoms with van der Waals surface area (Å²) in [5.74, 6) is 0.537. The van der Waals surface area contributed by atoms with E-state index < -0.39 is 11.5 Å². The van der Waals surface area contributed by atoms with Crippen LogP contribution in [0.5, 0.6) is 0 Å². The van der Waals surface area contributed by atoms with Crippen LogP contribution < -0.4 is 0 Å². The third-order valence-electron chi connectivity index (χ3n) is 6.83. The van der Waals surface area contributed by atoms with Crippen molar-refractivity contribution >= 4 is 11.6 Å². The van der Waals surface area contributed by atoms with Crippen molar-refractivity contribution in [2.75, 3.05) is 0 Å². The Morgan fingerprint density at radius 1 is 1.18 bits per heavy atom. The van der Waals surface area contributed by atoms with Crippen LogP contribution in [0.3, 0.4) is 0 Å². The molecule has 3 nitrogen and oxygen atoms in total. The molecule has 0 aromatic heterocycles. The Morgan fingerprint density at radius 3 is 2.50 bits per heavy atom. The minimum Gasteiger partial charge on any atom is -0.305 e. The SMILES string of the molecule is [C-]#[N+]C1C[C@]2(C)C3=CC(=O)CC[C@]3(C)CC[C@H]2C(C)(C)C1=O. The van der Waals surface area contributed by atoms with Gasteiger partial charge in [-0.15, -0.1) is 0 Å². The van der Waals surface area contributed by atoms with Crippen LogP contribution in [0.1, 0.15) is 59.8 Å². The van der Waals surface area contributed by atoms with Gasteiger partial charge in [0.05, 0.1) is 0 Å². The molecule has 3 rings (SSSR count). The second kappa shape index (κ2) is 4.54. The molecule has 0 aromatic carbocycles.